The second kappa shape index (κ2) is 6.53. The van der Waals surface area contributed by atoms with Crippen molar-refractivity contribution in [1.29, 1.82) is 0 Å². The number of hydrogen-bond acceptors (Lipinski definition) is 2. The molecule has 4 rings (SSSR count). The lowest BCUT2D eigenvalue weighted by atomic mass is 10.00. The van der Waals surface area contributed by atoms with Crippen LogP contribution in [0, 0.1) is 0 Å². The van der Waals surface area contributed by atoms with Crippen LogP contribution in [0.15, 0.2) is 88.4 Å². The summed E-state index contributed by atoms with van der Waals surface area (Å²) in [7, 11) is 0. The number of para-hydroxylation sites is 1. The molecule has 25 heavy (non-hydrogen) atoms. The summed E-state index contributed by atoms with van der Waals surface area (Å²) < 4.78 is 0.959. The number of rotatable bonds is 2. The van der Waals surface area contributed by atoms with Gasteiger partial charge in [0.25, 0.3) is 0 Å². The molecule has 0 aromatic heterocycles. The summed E-state index contributed by atoms with van der Waals surface area (Å²) in [5, 5.41) is 4.38. The molecule has 4 nitrogen and oxygen atoms in total. The van der Waals surface area contributed by atoms with Crippen molar-refractivity contribution >= 4 is 39.0 Å². The van der Waals surface area contributed by atoms with Crippen molar-refractivity contribution < 1.29 is 4.79 Å². The topological polar surface area (TPSA) is 44.7 Å². The zero-order valence-electron chi connectivity index (χ0n) is 13.2. The lowest BCUT2D eigenvalue weighted by Gasteiger charge is -2.22. The van der Waals surface area contributed by atoms with Gasteiger partial charge in [-0.15, -0.1) is 0 Å². The number of hydrogen-bond donors (Lipinski definition) is 1. The van der Waals surface area contributed by atoms with Gasteiger partial charge in [-0.05, 0) is 30.3 Å². The lowest BCUT2D eigenvalue weighted by Crippen LogP contribution is -2.33. The molecule has 1 aliphatic heterocycles. The number of carbonyl (C=O) groups is 1. The average Bonchev–Trinajstić information content (AvgIpc) is 2.80. The first-order chi connectivity index (χ1) is 12.2. The predicted molar refractivity (Wildman–Crippen MR) is 103 cm³/mol. The van der Waals surface area contributed by atoms with Crippen LogP contribution in [-0.4, -0.2) is 11.7 Å². The summed E-state index contributed by atoms with van der Waals surface area (Å²) in [5.41, 5.74) is 6.83. The Balaban J connectivity index is 1.89. The highest BCUT2D eigenvalue weighted by Crippen LogP contribution is 2.32. The highest BCUT2D eigenvalue weighted by molar-refractivity contribution is 9.10. The third kappa shape index (κ3) is 2.94. The zero-order chi connectivity index (χ0) is 17.2. The molecular weight excluding hydrogens is 378 g/mol. The van der Waals surface area contributed by atoms with E-state index >= 15 is 0 Å². The minimum Gasteiger partial charge on any atom is -0.261 e. The van der Waals surface area contributed by atoms with Gasteiger partial charge in [-0.2, -0.15) is 5.10 Å². The van der Waals surface area contributed by atoms with Crippen LogP contribution in [-0.2, 0) is 0 Å². The van der Waals surface area contributed by atoms with Gasteiger partial charge >= 0.3 is 6.03 Å². The molecule has 0 spiro atoms. The number of nitrogens with zero attached hydrogens (tertiary/aromatic N) is 2. The maximum atomic E-state index is 12.7. The number of amides is 2. The Morgan fingerprint density at radius 3 is 2.28 bits per heavy atom. The van der Waals surface area contributed by atoms with Gasteiger partial charge < -0.3 is 0 Å². The summed E-state index contributed by atoms with van der Waals surface area (Å²) in [6.07, 6.45) is 0. The van der Waals surface area contributed by atoms with Crippen LogP contribution in [0.2, 0.25) is 0 Å². The van der Waals surface area contributed by atoms with Crippen LogP contribution in [0.1, 0.15) is 11.1 Å². The Bertz CT molecular complexity index is 952. The van der Waals surface area contributed by atoms with Gasteiger partial charge in [-0.25, -0.2) is 10.2 Å². The molecule has 122 valence electrons. The van der Waals surface area contributed by atoms with Crippen LogP contribution < -0.4 is 10.3 Å². The third-order valence-corrected chi connectivity index (χ3v) is 4.53. The van der Waals surface area contributed by atoms with Crippen molar-refractivity contribution in [3.05, 3.63) is 94.5 Å². The second-order valence-corrected chi connectivity index (χ2v) is 6.49. The summed E-state index contributed by atoms with van der Waals surface area (Å²) >= 11 is 3.43. The number of anilines is 2. The standard InChI is InChI=1S/C20H14BrN3O/c21-15-10-12-16(13-11-15)24-18-9-5-4-8-17(18)19(22-23-20(24)25)14-6-2-1-3-7-14/h1-13H,(H,23,25). The minimum atomic E-state index is -0.291. The fraction of sp³-hybridized carbons (Fsp3) is 0. The van der Waals surface area contributed by atoms with E-state index in [9.17, 15) is 4.79 Å². The van der Waals surface area contributed by atoms with Gasteiger partial charge in [0.15, 0.2) is 0 Å². The lowest BCUT2D eigenvalue weighted by molar-refractivity contribution is 0.249. The largest absolute Gasteiger partial charge is 0.346 e. The van der Waals surface area contributed by atoms with Gasteiger partial charge in [0.1, 0.15) is 5.71 Å². The van der Waals surface area contributed by atoms with Gasteiger partial charge in [-0.1, -0.05) is 64.5 Å². The Kier molecular flexibility index (Phi) is 4.07. The smallest absolute Gasteiger partial charge is 0.261 e. The van der Waals surface area contributed by atoms with E-state index in [4.69, 9.17) is 0 Å². The summed E-state index contributed by atoms with van der Waals surface area (Å²) in [4.78, 5) is 14.4. The van der Waals surface area contributed by atoms with Crippen LogP contribution >= 0.6 is 15.9 Å². The van der Waals surface area contributed by atoms with Gasteiger partial charge in [0, 0.05) is 15.6 Å². The van der Waals surface area contributed by atoms with E-state index in [1.807, 2.05) is 78.9 Å². The molecule has 1 N–H and O–H groups in total. The molecule has 0 saturated carbocycles. The number of carbonyl (C=O) groups excluding carboxylic acids is 1. The van der Waals surface area contributed by atoms with Crippen molar-refractivity contribution in [1.82, 2.24) is 5.43 Å². The monoisotopic (exact) mass is 391 g/mol. The molecule has 0 fully saturated rings. The van der Waals surface area contributed by atoms with E-state index in [-0.39, 0.29) is 6.03 Å². The molecule has 0 aliphatic carbocycles. The fourth-order valence-corrected chi connectivity index (χ4v) is 3.12. The number of halogens is 1. The highest BCUT2D eigenvalue weighted by Gasteiger charge is 2.26. The Hall–Kier alpha value is -2.92. The molecule has 3 aromatic rings. The van der Waals surface area contributed by atoms with Crippen molar-refractivity contribution in [3.8, 4) is 0 Å². The van der Waals surface area contributed by atoms with Crippen molar-refractivity contribution in [2.24, 2.45) is 5.10 Å². The van der Waals surface area contributed by atoms with E-state index in [2.05, 4.69) is 26.5 Å². The molecule has 1 heterocycles. The molecule has 2 amide bonds. The molecule has 0 saturated heterocycles. The third-order valence-electron chi connectivity index (χ3n) is 4.00. The normalized spacial score (nSPS) is 13.6. The molecule has 0 bridgehead atoms. The first-order valence-electron chi connectivity index (χ1n) is 7.82. The molecular formula is C20H14BrN3O. The molecule has 1 aliphatic rings. The van der Waals surface area contributed by atoms with E-state index in [1.165, 1.54) is 0 Å². The minimum absolute atomic E-state index is 0.291. The molecule has 5 heteroatoms. The fourth-order valence-electron chi connectivity index (χ4n) is 2.85. The number of urea groups is 1. The number of fused-ring (bicyclic) bond motifs is 1. The Labute approximate surface area is 153 Å². The molecule has 0 atom stereocenters. The average molecular weight is 392 g/mol. The molecule has 3 aromatic carbocycles. The van der Waals surface area contributed by atoms with Crippen LogP contribution in [0.25, 0.3) is 0 Å². The number of benzene rings is 3. The first-order valence-corrected chi connectivity index (χ1v) is 8.61. The van der Waals surface area contributed by atoms with E-state index < -0.39 is 0 Å². The number of hydrazone groups is 1. The van der Waals surface area contributed by atoms with Crippen LogP contribution in [0.4, 0.5) is 16.2 Å². The maximum Gasteiger partial charge on any atom is 0.346 e. The van der Waals surface area contributed by atoms with E-state index in [0.717, 1.165) is 32.7 Å². The Morgan fingerprint density at radius 2 is 1.52 bits per heavy atom. The van der Waals surface area contributed by atoms with Crippen LogP contribution in [0.5, 0.6) is 0 Å². The summed E-state index contributed by atoms with van der Waals surface area (Å²) in [5.74, 6) is 0. The summed E-state index contributed by atoms with van der Waals surface area (Å²) in [6.45, 7) is 0. The van der Waals surface area contributed by atoms with Crippen molar-refractivity contribution in [2.75, 3.05) is 4.90 Å². The molecule has 0 radical (unpaired) electrons. The van der Waals surface area contributed by atoms with Gasteiger partial charge in [-0.3, -0.25) is 4.90 Å². The number of nitrogens with one attached hydrogen (secondary N) is 1. The van der Waals surface area contributed by atoms with Crippen molar-refractivity contribution in [2.45, 2.75) is 0 Å². The zero-order valence-corrected chi connectivity index (χ0v) is 14.8. The van der Waals surface area contributed by atoms with Gasteiger partial charge in [0.05, 0.1) is 11.4 Å². The van der Waals surface area contributed by atoms with Crippen LogP contribution in [0.3, 0.4) is 0 Å². The highest BCUT2D eigenvalue weighted by atomic mass is 79.9. The van der Waals surface area contributed by atoms with Gasteiger partial charge in [0.2, 0.25) is 0 Å². The SMILES string of the molecule is O=C1NN=C(c2ccccc2)c2ccccc2N1c1ccc(Br)cc1. The van der Waals surface area contributed by atoms with E-state index in [1.54, 1.807) is 4.90 Å². The quantitative estimate of drug-likeness (QED) is 0.651. The summed E-state index contributed by atoms with van der Waals surface area (Å²) in [6, 6.07) is 25.0. The maximum absolute atomic E-state index is 12.7. The van der Waals surface area contributed by atoms with Crippen molar-refractivity contribution in [3.63, 3.8) is 0 Å². The molecule has 0 unspecified atom stereocenters. The Morgan fingerprint density at radius 1 is 0.840 bits per heavy atom. The van der Waals surface area contributed by atoms with E-state index in [0.29, 0.717) is 0 Å². The first kappa shape index (κ1) is 15.6. The second-order valence-electron chi connectivity index (χ2n) is 5.57. The predicted octanol–water partition coefficient (Wildman–Crippen LogP) is 5.06.